The van der Waals surface area contributed by atoms with E-state index in [0.29, 0.717) is 0 Å². The first kappa shape index (κ1) is 24.7. The van der Waals surface area contributed by atoms with E-state index in [1.807, 2.05) is 30.3 Å². The van der Waals surface area contributed by atoms with Crippen molar-refractivity contribution >= 4 is 33.2 Å². The molecule has 0 aliphatic heterocycles. The Hall–Kier alpha value is -3.57. The Bertz CT molecular complexity index is 1170. The number of sulfone groups is 1. The zero-order chi connectivity index (χ0) is 23.7. The number of anilines is 3. The number of hydrogen-bond donors (Lipinski definition) is 4. The molecule has 0 aliphatic carbocycles. The van der Waals surface area contributed by atoms with Crippen molar-refractivity contribution in [2.24, 2.45) is 0 Å². The van der Waals surface area contributed by atoms with Crippen molar-refractivity contribution < 1.29 is 22.7 Å². The summed E-state index contributed by atoms with van der Waals surface area (Å²) >= 11 is 0. The van der Waals surface area contributed by atoms with E-state index in [-0.39, 0.29) is 29.6 Å². The number of benzene rings is 2. The first-order chi connectivity index (χ1) is 15.2. The Morgan fingerprint density at radius 3 is 2.41 bits per heavy atom. The van der Waals surface area contributed by atoms with E-state index < -0.39 is 26.5 Å². The number of halogens is 1. The average Bonchev–Trinajstić information content (AvgIpc) is 2.74. The maximum absolute atomic E-state index is 13.8. The average molecular weight is 462 g/mol. The molecule has 5 N–H and O–H groups in total. The minimum atomic E-state index is -3.65. The van der Waals surface area contributed by atoms with Crippen LogP contribution in [0.25, 0.3) is 0 Å². The molecule has 0 atom stereocenters. The number of nitrogens with zero attached hydrogens (tertiary/aromatic N) is 2. The van der Waals surface area contributed by atoms with Gasteiger partial charge >= 0.3 is 0 Å². The largest absolute Gasteiger partial charge is 0.396 e. The summed E-state index contributed by atoms with van der Waals surface area (Å²) in [6.07, 6.45) is 2.91. The second-order valence-corrected chi connectivity index (χ2v) is 8.56. The standard InChI is InChI=1S/C13H14FN5O3S.C8H10O/c1-16-12(20)8-6-17-13(19-11(8)15)18-7-3-4-10(9(14)5-7)23(2,21)22;9-7-6-8-4-2-1-3-5-8/h3-6H,1-2H3,(H,16,20)(H3,15,17,18,19);1-5,9H,6-7H2. The van der Waals surface area contributed by atoms with Gasteiger partial charge in [-0.15, -0.1) is 0 Å². The molecule has 1 amide bonds. The van der Waals surface area contributed by atoms with Crippen LogP contribution in [0.3, 0.4) is 0 Å². The fourth-order valence-electron chi connectivity index (χ4n) is 2.55. The highest BCUT2D eigenvalue weighted by molar-refractivity contribution is 7.90. The highest BCUT2D eigenvalue weighted by Gasteiger charge is 2.15. The van der Waals surface area contributed by atoms with Gasteiger partial charge in [-0.25, -0.2) is 17.8 Å². The molecule has 11 heteroatoms. The molecule has 3 aromatic rings. The van der Waals surface area contributed by atoms with Crippen molar-refractivity contribution in [3.05, 3.63) is 71.7 Å². The summed E-state index contributed by atoms with van der Waals surface area (Å²) in [5.41, 5.74) is 7.20. The Morgan fingerprint density at radius 2 is 1.88 bits per heavy atom. The number of aliphatic hydroxyl groups is 1. The van der Waals surface area contributed by atoms with Gasteiger partial charge in [-0.2, -0.15) is 4.98 Å². The van der Waals surface area contributed by atoms with E-state index in [4.69, 9.17) is 10.8 Å². The number of aromatic nitrogens is 2. The fraction of sp³-hybridized carbons (Fsp3) is 0.190. The number of rotatable bonds is 6. The van der Waals surface area contributed by atoms with Crippen LogP contribution in [0.15, 0.2) is 59.6 Å². The topological polar surface area (TPSA) is 147 Å². The lowest BCUT2D eigenvalue weighted by molar-refractivity contribution is 0.0963. The van der Waals surface area contributed by atoms with Crippen LogP contribution in [0.4, 0.5) is 21.8 Å². The van der Waals surface area contributed by atoms with E-state index in [0.717, 1.165) is 24.8 Å². The van der Waals surface area contributed by atoms with Gasteiger partial charge in [0.2, 0.25) is 5.95 Å². The Balaban J connectivity index is 0.000000336. The van der Waals surface area contributed by atoms with Gasteiger partial charge in [0, 0.05) is 31.8 Å². The Morgan fingerprint density at radius 1 is 1.19 bits per heavy atom. The summed E-state index contributed by atoms with van der Waals surface area (Å²) in [6.45, 7) is 0.240. The highest BCUT2D eigenvalue weighted by atomic mass is 32.2. The van der Waals surface area contributed by atoms with Crippen molar-refractivity contribution in [2.45, 2.75) is 11.3 Å². The molecule has 1 heterocycles. The minimum Gasteiger partial charge on any atom is -0.396 e. The molecule has 3 rings (SSSR count). The third kappa shape index (κ3) is 7.00. The maximum Gasteiger partial charge on any atom is 0.256 e. The summed E-state index contributed by atoms with van der Waals surface area (Å²) in [4.78, 5) is 18.9. The second kappa shape index (κ2) is 11.2. The monoisotopic (exact) mass is 461 g/mol. The molecule has 0 fully saturated rings. The lowest BCUT2D eigenvalue weighted by Gasteiger charge is -2.09. The van der Waals surface area contributed by atoms with Crippen molar-refractivity contribution in [3.63, 3.8) is 0 Å². The van der Waals surface area contributed by atoms with Gasteiger partial charge in [-0.05, 0) is 30.2 Å². The number of carbonyl (C=O) groups is 1. The minimum absolute atomic E-state index is 0.0432. The van der Waals surface area contributed by atoms with Crippen LogP contribution in [-0.4, -0.2) is 49.3 Å². The Labute approximate surface area is 185 Å². The number of nitrogen functional groups attached to an aromatic ring is 1. The van der Waals surface area contributed by atoms with Crippen molar-refractivity contribution in [1.29, 1.82) is 0 Å². The van der Waals surface area contributed by atoms with E-state index in [1.54, 1.807) is 0 Å². The molecular formula is C21H24FN5O4S. The third-order valence-electron chi connectivity index (χ3n) is 4.12. The van der Waals surface area contributed by atoms with Crippen LogP contribution in [0, 0.1) is 5.82 Å². The van der Waals surface area contributed by atoms with Gasteiger partial charge < -0.3 is 21.5 Å². The molecule has 170 valence electrons. The first-order valence-corrected chi connectivity index (χ1v) is 11.3. The van der Waals surface area contributed by atoms with Gasteiger partial charge in [-0.3, -0.25) is 4.79 Å². The summed E-state index contributed by atoms with van der Waals surface area (Å²) < 4.78 is 36.5. The molecule has 0 radical (unpaired) electrons. The van der Waals surface area contributed by atoms with Crippen molar-refractivity contribution in [1.82, 2.24) is 15.3 Å². The summed E-state index contributed by atoms with van der Waals surface area (Å²) in [7, 11) is -2.20. The predicted octanol–water partition coefficient (Wildman–Crippen LogP) is 1.93. The molecule has 1 aromatic heterocycles. The molecule has 0 spiro atoms. The zero-order valence-corrected chi connectivity index (χ0v) is 18.4. The molecule has 0 bridgehead atoms. The first-order valence-electron chi connectivity index (χ1n) is 9.41. The van der Waals surface area contributed by atoms with Crippen LogP contribution < -0.4 is 16.4 Å². The molecule has 32 heavy (non-hydrogen) atoms. The molecule has 0 unspecified atom stereocenters. The number of aliphatic hydroxyl groups excluding tert-OH is 1. The second-order valence-electron chi connectivity index (χ2n) is 6.57. The van der Waals surface area contributed by atoms with Crippen molar-refractivity contribution in [3.8, 4) is 0 Å². The fourth-order valence-corrected chi connectivity index (χ4v) is 3.28. The maximum atomic E-state index is 13.8. The highest BCUT2D eigenvalue weighted by Crippen LogP contribution is 2.21. The van der Waals surface area contributed by atoms with Crippen LogP contribution in [-0.2, 0) is 16.3 Å². The van der Waals surface area contributed by atoms with Crippen LogP contribution in [0.2, 0.25) is 0 Å². The molecule has 0 saturated heterocycles. The molecular weight excluding hydrogens is 437 g/mol. The van der Waals surface area contributed by atoms with E-state index in [2.05, 4.69) is 20.6 Å². The van der Waals surface area contributed by atoms with Gasteiger partial charge in [-0.1, -0.05) is 30.3 Å². The summed E-state index contributed by atoms with van der Waals surface area (Å²) in [5.74, 6) is -1.33. The van der Waals surface area contributed by atoms with E-state index in [9.17, 15) is 17.6 Å². The molecule has 0 saturated carbocycles. The molecule has 2 aromatic carbocycles. The van der Waals surface area contributed by atoms with Crippen LogP contribution in [0.5, 0.6) is 0 Å². The summed E-state index contributed by atoms with van der Waals surface area (Å²) in [5, 5.41) is 13.6. The van der Waals surface area contributed by atoms with Gasteiger partial charge in [0.25, 0.3) is 5.91 Å². The number of nitrogens with one attached hydrogen (secondary N) is 2. The summed E-state index contributed by atoms with van der Waals surface area (Å²) in [6, 6.07) is 13.5. The van der Waals surface area contributed by atoms with Crippen LogP contribution in [0.1, 0.15) is 15.9 Å². The van der Waals surface area contributed by atoms with Crippen LogP contribution >= 0.6 is 0 Å². The third-order valence-corrected chi connectivity index (χ3v) is 5.25. The van der Waals surface area contributed by atoms with Gasteiger partial charge in [0.05, 0.1) is 5.56 Å². The molecule has 0 aliphatic rings. The molecule has 9 nitrogen and oxygen atoms in total. The number of hydrogen-bond acceptors (Lipinski definition) is 8. The van der Waals surface area contributed by atoms with Gasteiger partial charge in [0.1, 0.15) is 16.5 Å². The lowest BCUT2D eigenvalue weighted by atomic mass is 10.2. The quantitative estimate of drug-likeness (QED) is 0.435. The van der Waals surface area contributed by atoms with Crippen molar-refractivity contribution in [2.75, 3.05) is 31.0 Å². The smallest absolute Gasteiger partial charge is 0.256 e. The van der Waals surface area contributed by atoms with E-state index in [1.165, 1.54) is 24.9 Å². The normalized spacial score (nSPS) is 10.6. The number of amides is 1. The SMILES string of the molecule is CNC(=O)c1cnc(Nc2ccc(S(C)(=O)=O)c(F)c2)nc1N.OCCc1ccccc1. The van der Waals surface area contributed by atoms with Gasteiger partial charge in [0.15, 0.2) is 9.84 Å². The van der Waals surface area contributed by atoms with E-state index >= 15 is 0 Å². The zero-order valence-electron chi connectivity index (χ0n) is 17.5. The Kier molecular flexibility index (Phi) is 8.62. The number of nitrogens with two attached hydrogens (primary N) is 1. The predicted molar refractivity (Wildman–Crippen MR) is 120 cm³/mol. The lowest BCUT2D eigenvalue weighted by Crippen LogP contribution is -2.20. The number of carbonyl (C=O) groups excluding carboxylic acids is 1.